The van der Waals surface area contributed by atoms with Gasteiger partial charge in [0.25, 0.3) is 0 Å². The minimum atomic E-state index is -0.0503. The summed E-state index contributed by atoms with van der Waals surface area (Å²) in [5.74, 6) is 0.970. The molecule has 142 valence electrons. The zero-order valence-corrected chi connectivity index (χ0v) is 15.9. The molecule has 2 aliphatic heterocycles. The van der Waals surface area contributed by atoms with E-state index in [1.807, 2.05) is 29.2 Å². The maximum Gasteiger partial charge on any atom is 0.227 e. The van der Waals surface area contributed by atoms with Crippen LogP contribution in [-0.2, 0) is 9.53 Å². The number of benzene rings is 1. The highest BCUT2D eigenvalue weighted by atomic mass is 35.5. The molecule has 0 spiro atoms. The van der Waals surface area contributed by atoms with Crippen LogP contribution in [0.2, 0.25) is 5.15 Å². The van der Waals surface area contributed by atoms with E-state index in [-0.39, 0.29) is 17.9 Å². The van der Waals surface area contributed by atoms with Crippen molar-refractivity contribution < 1.29 is 9.53 Å². The lowest BCUT2D eigenvalue weighted by Gasteiger charge is -2.38. The third kappa shape index (κ3) is 4.22. The van der Waals surface area contributed by atoms with E-state index in [2.05, 4.69) is 27.2 Å². The molecule has 0 saturated carbocycles. The molecular formula is C20H23ClN4O2. The minimum Gasteiger partial charge on any atom is -0.370 e. The SMILES string of the molecule is O=C([C@@H]1CCCN(c2ccc(Cl)nn2)C1)N1CCO[C@H](c2ccccc2)C1. The summed E-state index contributed by atoms with van der Waals surface area (Å²) in [7, 11) is 0. The molecule has 4 rings (SSSR count). The fraction of sp³-hybridized carbons (Fsp3) is 0.450. The lowest BCUT2D eigenvalue weighted by molar-refractivity contribution is -0.143. The molecule has 0 unspecified atom stereocenters. The Balaban J connectivity index is 1.41. The number of piperidine rings is 1. The van der Waals surface area contributed by atoms with Crippen molar-refractivity contribution in [3.05, 3.63) is 53.2 Å². The van der Waals surface area contributed by atoms with Crippen LogP contribution in [0.5, 0.6) is 0 Å². The van der Waals surface area contributed by atoms with Crippen LogP contribution in [0.3, 0.4) is 0 Å². The summed E-state index contributed by atoms with van der Waals surface area (Å²) < 4.78 is 5.90. The average Bonchev–Trinajstić information content (AvgIpc) is 2.74. The number of nitrogens with zero attached hydrogens (tertiary/aromatic N) is 4. The Morgan fingerprint density at radius 3 is 2.70 bits per heavy atom. The van der Waals surface area contributed by atoms with Crippen LogP contribution in [0.4, 0.5) is 5.82 Å². The first-order valence-corrected chi connectivity index (χ1v) is 9.78. The van der Waals surface area contributed by atoms with E-state index in [0.29, 0.717) is 31.4 Å². The fourth-order valence-electron chi connectivity index (χ4n) is 3.84. The van der Waals surface area contributed by atoms with E-state index in [0.717, 1.165) is 30.8 Å². The molecule has 2 fully saturated rings. The lowest BCUT2D eigenvalue weighted by atomic mass is 9.95. The molecule has 1 aromatic carbocycles. The van der Waals surface area contributed by atoms with E-state index >= 15 is 0 Å². The van der Waals surface area contributed by atoms with Gasteiger partial charge in [-0.15, -0.1) is 10.2 Å². The Hall–Kier alpha value is -2.18. The number of halogens is 1. The quantitative estimate of drug-likeness (QED) is 0.811. The van der Waals surface area contributed by atoms with Crippen LogP contribution in [0.1, 0.15) is 24.5 Å². The number of amides is 1. The van der Waals surface area contributed by atoms with Gasteiger partial charge in [0, 0.05) is 19.6 Å². The van der Waals surface area contributed by atoms with E-state index < -0.39 is 0 Å². The largest absolute Gasteiger partial charge is 0.370 e. The summed E-state index contributed by atoms with van der Waals surface area (Å²) in [4.78, 5) is 17.2. The molecular weight excluding hydrogens is 364 g/mol. The van der Waals surface area contributed by atoms with Crippen molar-refractivity contribution in [3.63, 3.8) is 0 Å². The maximum absolute atomic E-state index is 13.1. The van der Waals surface area contributed by atoms with Gasteiger partial charge in [-0.05, 0) is 30.5 Å². The van der Waals surface area contributed by atoms with E-state index in [1.54, 1.807) is 6.07 Å². The van der Waals surface area contributed by atoms with Crippen molar-refractivity contribution in [2.75, 3.05) is 37.7 Å². The van der Waals surface area contributed by atoms with Crippen LogP contribution in [-0.4, -0.2) is 53.8 Å². The van der Waals surface area contributed by atoms with Crippen molar-refractivity contribution in [2.45, 2.75) is 18.9 Å². The Kier molecular flexibility index (Phi) is 5.55. The normalized spacial score (nSPS) is 23.3. The fourth-order valence-corrected chi connectivity index (χ4v) is 3.94. The van der Waals surface area contributed by atoms with Crippen LogP contribution in [0.25, 0.3) is 0 Å². The second-order valence-corrected chi connectivity index (χ2v) is 7.44. The number of hydrogen-bond acceptors (Lipinski definition) is 5. The summed E-state index contributed by atoms with van der Waals surface area (Å²) in [5.41, 5.74) is 1.12. The van der Waals surface area contributed by atoms with Gasteiger partial charge < -0.3 is 14.5 Å². The molecule has 0 N–H and O–H groups in total. The second kappa shape index (κ2) is 8.23. The van der Waals surface area contributed by atoms with Gasteiger partial charge in [-0.25, -0.2) is 0 Å². The monoisotopic (exact) mass is 386 g/mol. The number of hydrogen-bond donors (Lipinski definition) is 0. The average molecular weight is 387 g/mol. The van der Waals surface area contributed by atoms with Crippen LogP contribution >= 0.6 is 11.6 Å². The Morgan fingerprint density at radius 2 is 1.93 bits per heavy atom. The van der Waals surface area contributed by atoms with Crippen molar-refractivity contribution >= 4 is 23.3 Å². The van der Waals surface area contributed by atoms with Gasteiger partial charge in [0.15, 0.2) is 11.0 Å². The first kappa shape index (κ1) is 18.2. The molecule has 2 aromatic rings. The van der Waals surface area contributed by atoms with Gasteiger partial charge in [-0.2, -0.15) is 0 Å². The predicted octanol–water partition coefficient (Wildman–Crippen LogP) is 2.95. The molecule has 3 heterocycles. The van der Waals surface area contributed by atoms with E-state index in [1.165, 1.54) is 0 Å². The maximum atomic E-state index is 13.1. The third-order valence-corrected chi connectivity index (χ3v) is 5.46. The summed E-state index contributed by atoms with van der Waals surface area (Å²) >= 11 is 5.83. The molecule has 0 radical (unpaired) electrons. The van der Waals surface area contributed by atoms with Gasteiger partial charge >= 0.3 is 0 Å². The van der Waals surface area contributed by atoms with Gasteiger partial charge in [0.05, 0.1) is 19.1 Å². The highest BCUT2D eigenvalue weighted by Gasteiger charge is 2.33. The van der Waals surface area contributed by atoms with Gasteiger partial charge in [0.2, 0.25) is 5.91 Å². The number of carbonyl (C=O) groups is 1. The predicted molar refractivity (Wildman–Crippen MR) is 104 cm³/mol. The Morgan fingerprint density at radius 1 is 1.07 bits per heavy atom. The first-order valence-electron chi connectivity index (χ1n) is 9.40. The molecule has 1 amide bonds. The van der Waals surface area contributed by atoms with Crippen LogP contribution in [0, 0.1) is 5.92 Å². The first-order chi connectivity index (χ1) is 13.2. The van der Waals surface area contributed by atoms with Crippen molar-refractivity contribution in [3.8, 4) is 0 Å². The Bertz CT molecular complexity index is 771. The Labute approximate surface area is 164 Å². The van der Waals surface area contributed by atoms with E-state index in [4.69, 9.17) is 16.3 Å². The zero-order chi connectivity index (χ0) is 18.6. The number of ether oxygens (including phenoxy) is 1. The number of carbonyl (C=O) groups excluding carboxylic acids is 1. The van der Waals surface area contributed by atoms with Gasteiger partial charge in [0.1, 0.15) is 6.10 Å². The minimum absolute atomic E-state index is 0.0225. The molecule has 2 aliphatic rings. The molecule has 2 atom stereocenters. The van der Waals surface area contributed by atoms with Crippen LogP contribution < -0.4 is 4.90 Å². The smallest absolute Gasteiger partial charge is 0.227 e. The molecule has 27 heavy (non-hydrogen) atoms. The summed E-state index contributed by atoms with van der Waals surface area (Å²) in [6.07, 6.45) is 1.82. The third-order valence-electron chi connectivity index (χ3n) is 5.26. The molecule has 0 aliphatic carbocycles. The van der Waals surface area contributed by atoms with Crippen molar-refractivity contribution in [2.24, 2.45) is 5.92 Å². The molecule has 6 nitrogen and oxygen atoms in total. The topological polar surface area (TPSA) is 58.6 Å². The standard InChI is InChI=1S/C20H23ClN4O2/c21-18-8-9-19(23-22-18)24-10-4-7-16(13-24)20(26)25-11-12-27-17(14-25)15-5-2-1-3-6-15/h1-3,5-6,8-9,16-17H,4,7,10-14H2/t16-,17+/m1/s1. The highest BCUT2D eigenvalue weighted by molar-refractivity contribution is 6.29. The van der Waals surface area contributed by atoms with Gasteiger partial charge in [-0.3, -0.25) is 4.79 Å². The number of rotatable bonds is 3. The number of morpholine rings is 1. The number of anilines is 1. The molecule has 7 heteroatoms. The lowest BCUT2D eigenvalue weighted by Crippen LogP contribution is -2.49. The zero-order valence-electron chi connectivity index (χ0n) is 15.1. The summed E-state index contributed by atoms with van der Waals surface area (Å²) in [6.45, 7) is 3.39. The molecule has 0 bridgehead atoms. The van der Waals surface area contributed by atoms with Gasteiger partial charge in [-0.1, -0.05) is 41.9 Å². The molecule has 2 saturated heterocycles. The van der Waals surface area contributed by atoms with Crippen molar-refractivity contribution in [1.82, 2.24) is 15.1 Å². The second-order valence-electron chi connectivity index (χ2n) is 7.05. The van der Waals surface area contributed by atoms with Crippen molar-refractivity contribution in [1.29, 1.82) is 0 Å². The van der Waals surface area contributed by atoms with Crippen LogP contribution in [0.15, 0.2) is 42.5 Å². The van der Waals surface area contributed by atoms with E-state index in [9.17, 15) is 4.79 Å². The summed E-state index contributed by atoms with van der Waals surface area (Å²) in [5, 5.41) is 8.46. The summed E-state index contributed by atoms with van der Waals surface area (Å²) in [6, 6.07) is 13.7. The molecule has 1 aromatic heterocycles. The number of aromatic nitrogens is 2. The highest BCUT2D eigenvalue weighted by Crippen LogP contribution is 2.27.